The second-order valence-electron chi connectivity index (χ2n) is 5.28. The number of amides is 2. The van der Waals surface area contributed by atoms with E-state index in [0.29, 0.717) is 0 Å². The summed E-state index contributed by atoms with van der Waals surface area (Å²) in [5.74, 6) is 0. The van der Waals surface area contributed by atoms with Crippen LogP contribution in [-0.2, 0) is 6.42 Å². The summed E-state index contributed by atoms with van der Waals surface area (Å²) in [7, 11) is 0. The van der Waals surface area contributed by atoms with Crippen LogP contribution in [0.25, 0.3) is 10.9 Å². The largest absolute Gasteiger partial charge is 0.361 e. The lowest BCUT2D eigenvalue weighted by Gasteiger charge is -2.33. The van der Waals surface area contributed by atoms with E-state index in [0.717, 1.165) is 39.1 Å². The van der Waals surface area contributed by atoms with Gasteiger partial charge in [-0.05, 0) is 18.1 Å². The van der Waals surface area contributed by atoms with E-state index in [4.69, 9.17) is 5.73 Å². The van der Waals surface area contributed by atoms with E-state index in [1.165, 1.54) is 16.5 Å². The van der Waals surface area contributed by atoms with Crippen molar-refractivity contribution >= 4 is 16.9 Å². The fourth-order valence-electron chi connectivity index (χ4n) is 2.81. The molecule has 2 heterocycles. The van der Waals surface area contributed by atoms with Crippen molar-refractivity contribution in [2.75, 3.05) is 32.7 Å². The zero-order valence-corrected chi connectivity index (χ0v) is 11.5. The van der Waals surface area contributed by atoms with Crippen molar-refractivity contribution in [3.63, 3.8) is 0 Å². The maximum atomic E-state index is 11.1. The first kappa shape index (κ1) is 13.0. The molecule has 106 valence electrons. The summed E-state index contributed by atoms with van der Waals surface area (Å²) in [6.45, 7) is 4.32. The zero-order valence-electron chi connectivity index (χ0n) is 11.5. The van der Waals surface area contributed by atoms with Crippen LogP contribution in [0.1, 0.15) is 5.56 Å². The lowest BCUT2D eigenvalue weighted by atomic mass is 10.1. The van der Waals surface area contributed by atoms with E-state index in [1.807, 2.05) is 6.07 Å². The number of para-hydroxylation sites is 1. The number of piperazine rings is 1. The van der Waals surface area contributed by atoms with Gasteiger partial charge in [0, 0.05) is 49.8 Å². The van der Waals surface area contributed by atoms with Crippen LogP contribution < -0.4 is 5.73 Å². The molecular formula is C15H20N4O. The Morgan fingerprint density at radius 1 is 1.20 bits per heavy atom. The SMILES string of the molecule is NC(=O)N1CCN(CCc2c[nH]c3ccccc23)CC1. The summed E-state index contributed by atoms with van der Waals surface area (Å²) >= 11 is 0. The van der Waals surface area contributed by atoms with Gasteiger partial charge in [0.05, 0.1) is 0 Å². The molecule has 1 aromatic heterocycles. The van der Waals surface area contributed by atoms with Crippen LogP contribution in [0.2, 0.25) is 0 Å². The minimum atomic E-state index is -0.304. The number of carbonyl (C=O) groups excluding carboxylic acids is 1. The molecule has 0 saturated carbocycles. The standard InChI is InChI=1S/C15H20N4O/c16-15(20)19-9-7-18(8-10-19)6-5-12-11-17-14-4-2-1-3-13(12)14/h1-4,11,17H,5-10H2,(H2,16,20). The highest BCUT2D eigenvalue weighted by molar-refractivity contribution is 5.83. The van der Waals surface area contributed by atoms with Crippen LogP contribution >= 0.6 is 0 Å². The summed E-state index contributed by atoms with van der Waals surface area (Å²) in [5, 5.41) is 1.31. The Kier molecular flexibility index (Phi) is 3.60. The molecule has 3 N–H and O–H groups in total. The summed E-state index contributed by atoms with van der Waals surface area (Å²) in [6.07, 6.45) is 3.13. The van der Waals surface area contributed by atoms with Crippen molar-refractivity contribution in [2.45, 2.75) is 6.42 Å². The molecule has 5 heteroatoms. The minimum Gasteiger partial charge on any atom is -0.361 e. The Morgan fingerprint density at radius 3 is 2.70 bits per heavy atom. The summed E-state index contributed by atoms with van der Waals surface area (Å²) in [4.78, 5) is 18.5. The van der Waals surface area contributed by atoms with Gasteiger partial charge in [-0.15, -0.1) is 0 Å². The maximum absolute atomic E-state index is 11.1. The molecule has 2 aromatic rings. The first-order valence-corrected chi connectivity index (χ1v) is 7.06. The molecule has 5 nitrogen and oxygen atoms in total. The van der Waals surface area contributed by atoms with E-state index >= 15 is 0 Å². The van der Waals surface area contributed by atoms with E-state index in [9.17, 15) is 4.79 Å². The molecule has 1 aliphatic rings. The number of benzene rings is 1. The number of nitrogens with one attached hydrogen (secondary N) is 1. The quantitative estimate of drug-likeness (QED) is 0.887. The van der Waals surface area contributed by atoms with Gasteiger partial charge in [0.25, 0.3) is 0 Å². The third-order valence-corrected chi connectivity index (χ3v) is 4.06. The first-order chi connectivity index (χ1) is 9.74. The molecule has 1 aliphatic heterocycles. The van der Waals surface area contributed by atoms with Crippen LogP contribution in [0.5, 0.6) is 0 Å². The van der Waals surface area contributed by atoms with Gasteiger partial charge in [-0.25, -0.2) is 4.79 Å². The van der Waals surface area contributed by atoms with Gasteiger partial charge in [0.2, 0.25) is 0 Å². The number of primary amides is 1. The molecule has 0 atom stereocenters. The van der Waals surface area contributed by atoms with Crippen LogP contribution in [0, 0.1) is 0 Å². The van der Waals surface area contributed by atoms with E-state index in [1.54, 1.807) is 4.90 Å². The van der Waals surface area contributed by atoms with Gasteiger partial charge in [0.15, 0.2) is 0 Å². The van der Waals surface area contributed by atoms with Crippen LogP contribution in [0.4, 0.5) is 4.79 Å². The van der Waals surface area contributed by atoms with Crippen molar-refractivity contribution in [2.24, 2.45) is 5.73 Å². The van der Waals surface area contributed by atoms with Crippen LogP contribution in [-0.4, -0.2) is 53.5 Å². The van der Waals surface area contributed by atoms with Crippen molar-refractivity contribution in [1.29, 1.82) is 0 Å². The van der Waals surface area contributed by atoms with Crippen LogP contribution in [0.3, 0.4) is 0 Å². The molecule has 3 rings (SSSR count). The average Bonchev–Trinajstić information content (AvgIpc) is 2.89. The second-order valence-corrected chi connectivity index (χ2v) is 5.28. The molecule has 1 aromatic carbocycles. The number of hydrogen-bond acceptors (Lipinski definition) is 2. The van der Waals surface area contributed by atoms with Gasteiger partial charge >= 0.3 is 6.03 Å². The summed E-state index contributed by atoms with van der Waals surface area (Å²) in [5.41, 5.74) is 7.84. The highest BCUT2D eigenvalue weighted by atomic mass is 16.2. The third-order valence-electron chi connectivity index (χ3n) is 4.06. The molecule has 2 amide bonds. The van der Waals surface area contributed by atoms with Crippen molar-refractivity contribution in [3.8, 4) is 0 Å². The number of fused-ring (bicyclic) bond motifs is 1. The zero-order chi connectivity index (χ0) is 13.9. The Balaban J connectivity index is 1.57. The lowest BCUT2D eigenvalue weighted by Crippen LogP contribution is -2.50. The van der Waals surface area contributed by atoms with Crippen molar-refractivity contribution in [1.82, 2.24) is 14.8 Å². The van der Waals surface area contributed by atoms with Gasteiger partial charge < -0.3 is 15.6 Å². The number of urea groups is 1. The normalized spacial score (nSPS) is 16.7. The van der Waals surface area contributed by atoms with Crippen molar-refractivity contribution < 1.29 is 4.79 Å². The highest BCUT2D eigenvalue weighted by Crippen LogP contribution is 2.18. The lowest BCUT2D eigenvalue weighted by molar-refractivity contribution is 0.146. The molecule has 20 heavy (non-hydrogen) atoms. The Labute approximate surface area is 118 Å². The third kappa shape index (κ3) is 2.63. The number of nitrogens with two attached hydrogens (primary N) is 1. The number of hydrogen-bond donors (Lipinski definition) is 2. The Morgan fingerprint density at radius 2 is 1.95 bits per heavy atom. The van der Waals surface area contributed by atoms with E-state index in [-0.39, 0.29) is 6.03 Å². The van der Waals surface area contributed by atoms with Gasteiger partial charge in [-0.1, -0.05) is 18.2 Å². The number of H-pyrrole nitrogens is 1. The first-order valence-electron chi connectivity index (χ1n) is 7.06. The van der Waals surface area contributed by atoms with E-state index in [2.05, 4.69) is 34.3 Å². The fraction of sp³-hybridized carbons (Fsp3) is 0.400. The molecular weight excluding hydrogens is 252 g/mol. The minimum absolute atomic E-state index is 0.304. The maximum Gasteiger partial charge on any atom is 0.314 e. The Bertz CT molecular complexity index is 599. The molecule has 0 bridgehead atoms. The van der Waals surface area contributed by atoms with Gasteiger partial charge in [-0.2, -0.15) is 0 Å². The summed E-state index contributed by atoms with van der Waals surface area (Å²) in [6, 6.07) is 8.08. The Hall–Kier alpha value is -2.01. The average molecular weight is 272 g/mol. The predicted molar refractivity (Wildman–Crippen MR) is 79.6 cm³/mol. The summed E-state index contributed by atoms with van der Waals surface area (Å²) < 4.78 is 0. The highest BCUT2D eigenvalue weighted by Gasteiger charge is 2.18. The topological polar surface area (TPSA) is 65.4 Å². The molecule has 1 fully saturated rings. The predicted octanol–water partition coefficient (Wildman–Crippen LogP) is 1.41. The van der Waals surface area contributed by atoms with E-state index < -0.39 is 0 Å². The number of aromatic amines is 1. The van der Waals surface area contributed by atoms with Gasteiger partial charge in [0.1, 0.15) is 0 Å². The number of carbonyl (C=O) groups is 1. The molecule has 0 unspecified atom stereocenters. The smallest absolute Gasteiger partial charge is 0.314 e. The molecule has 0 aliphatic carbocycles. The molecule has 0 radical (unpaired) electrons. The fourth-order valence-corrected chi connectivity index (χ4v) is 2.81. The molecule has 0 spiro atoms. The second kappa shape index (κ2) is 5.54. The number of nitrogens with zero attached hydrogens (tertiary/aromatic N) is 2. The number of rotatable bonds is 3. The van der Waals surface area contributed by atoms with Gasteiger partial charge in [-0.3, -0.25) is 4.90 Å². The van der Waals surface area contributed by atoms with Crippen molar-refractivity contribution in [3.05, 3.63) is 36.0 Å². The monoisotopic (exact) mass is 272 g/mol. The van der Waals surface area contributed by atoms with Crippen LogP contribution in [0.15, 0.2) is 30.5 Å². The number of aromatic nitrogens is 1. The molecule has 1 saturated heterocycles.